The Balaban J connectivity index is 2.29. The first-order chi connectivity index (χ1) is 9.49. The van der Waals surface area contributed by atoms with Crippen molar-refractivity contribution in [1.82, 2.24) is 14.1 Å². The van der Waals surface area contributed by atoms with Crippen LogP contribution in [0.4, 0.5) is 5.82 Å². The van der Waals surface area contributed by atoms with E-state index in [2.05, 4.69) is 15.1 Å². The summed E-state index contributed by atoms with van der Waals surface area (Å²) in [6, 6.07) is 0. The standard InChI is InChI=1S/C10H17N5O3S2/c1-3-18-7(2)6-12-20(16,17)9-8(14-11)13-10-15(9)4-5-19-10/h4-5,7,12,14H,3,6,11H2,1-2H3. The first-order valence-corrected chi connectivity index (χ1v) is 8.39. The second kappa shape index (κ2) is 6.06. The molecular formula is C10H17N5O3S2. The van der Waals surface area contributed by atoms with E-state index < -0.39 is 10.0 Å². The van der Waals surface area contributed by atoms with Gasteiger partial charge in [-0.1, -0.05) is 0 Å². The smallest absolute Gasteiger partial charge is 0.260 e. The van der Waals surface area contributed by atoms with Gasteiger partial charge in [0.25, 0.3) is 10.0 Å². The van der Waals surface area contributed by atoms with Gasteiger partial charge in [0.2, 0.25) is 5.03 Å². The molecule has 0 amide bonds. The quantitative estimate of drug-likeness (QED) is 0.503. The van der Waals surface area contributed by atoms with Gasteiger partial charge in [0.15, 0.2) is 10.8 Å². The Bertz CT molecular complexity index is 678. The first kappa shape index (κ1) is 15.2. The average molecular weight is 319 g/mol. The number of nitrogens with zero attached hydrogens (tertiary/aromatic N) is 2. The minimum atomic E-state index is -3.73. The highest BCUT2D eigenvalue weighted by Crippen LogP contribution is 2.24. The van der Waals surface area contributed by atoms with Crippen LogP contribution in [0.3, 0.4) is 0 Å². The lowest BCUT2D eigenvalue weighted by Gasteiger charge is -2.13. The lowest BCUT2D eigenvalue weighted by molar-refractivity contribution is 0.0799. The van der Waals surface area contributed by atoms with Crippen molar-refractivity contribution in [2.24, 2.45) is 5.84 Å². The maximum absolute atomic E-state index is 12.4. The minimum Gasteiger partial charge on any atom is -0.377 e. The molecule has 8 nitrogen and oxygen atoms in total. The van der Waals surface area contributed by atoms with E-state index in [9.17, 15) is 8.42 Å². The number of imidazole rings is 1. The van der Waals surface area contributed by atoms with Gasteiger partial charge in [-0.15, -0.1) is 11.3 Å². The zero-order valence-electron chi connectivity index (χ0n) is 11.2. The molecule has 20 heavy (non-hydrogen) atoms. The molecule has 4 N–H and O–H groups in total. The van der Waals surface area contributed by atoms with Crippen molar-refractivity contribution in [3.63, 3.8) is 0 Å². The Labute approximate surface area is 121 Å². The summed E-state index contributed by atoms with van der Waals surface area (Å²) in [5.74, 6) is 5.45. The summed E-state index contributed by atoms with van der Waals surface area (Å²) in [6.45, 7) is 4.36. The van der Waals surface area contributed by atoms with Crippen molar-refractivity contribution in [2.75, 3.05) is 18.6 Å². The number of nitrogens with two attached hydrogens (primary N) is 1. The molecule has 2 heterocycles. The predicted molar refractivity (Wildman–Crippen MR) is 77.2 cm³/mol. The maximum Gasteiger partial charge on any atom is 0.260 e. The molecule has 0 spiro atoms. The van der Waals surface area contributed by atoms with Gasteiger partial charge in [0.05, 0.1) is 6.10 Å². The van der Waals surface area contributed by atoms with E-state index in [0.717, 1.165) is 0 Å². The summed E-state index contributed by atoms with van der Waals surface area (Å²) in [4.78, 5) is 4.67. The van der Waals surface area contributed by atoms with Crippen LogP contribution in [0.5, 0.6) is 0 Å². The normalized spacial score (nSPS) is 13.8. The number of nitrogen functional groups attached to an aromatic ring is 1. The van der Waals surface area contributed by atoms with E-state index in [0.29, 0.717) is 11.6 Å². The highest BCUT2D eigenvalue weighted by molar-refractivity contribution is 7.89. The number of fused-ring (bicyclic) bond motifs is 1. The van der Waals surface area contributed by atoms with Crippen LogP contribution in [-0.2, 0) is 14.8 Å². The number of nitrogens with one attached hydrogen (secondary N) is 2. The molecule has 2 aromatic rings. The van der Waals surface area contributed by atoms with Gasteiger partial charge in [0.1, 0.15) is 0 Å². The summed E-state index contributed by atoms with van der Waals surface area (Å²) in [5, 5.41) is 1.75. The van der Waals surface area contributed by atoms with E-state index in [1.807, 2.05) is 6.92 Å². The Kier molecular flexibility index (Phi) is 4.60. The largest absolute Gasteiger partial charge is 0.377 e. The highest BCUT2D eigenvalue weighted by atomic mass is 32.2. The predicted octanol–water partition coefficient (Wildman–Crippen LogP) is 0.385. The first-order valence-electron chi connectivity index (χ1n) is 6.03. The summed E-state index contributed by atoms with van der Waals surface area (Å²) in [7, 11) is -3.73. The molecule has 1 atom stereocenters. The summed E-state index contributed by atoms with van der Waals surface area (Å²) >= 11 is 1.33. The van der Waals surface area contributed by atoms with E-state index >= 15 is 0 Å². The van der Waals surface area contributed by atoms with E-state index in [1.165, 1.54) is 15.7 Å². The molecule has 1 unspecified atom stereocenters. The zero-order chi connectivity index (χ0) is 14.8. The third-order valence-electron chi connectivity index (χ3n) is 2.62. The van der Waals surface area contributed by atoms with Gasteiger partial charge < -0.3 is 10.2 Å². The summed E-state index contributed by atoms with van der Waals surface area (Å²) in [5.41, 5.74) is 2.31. The van der Waals surface area contributed by atoms with Crippen LogP contribution in [0.1, 0.15) is 13.8 Å². The molecule has 0 radical (unpaired) electrons. The van der Waals surface area contributed by atoms with Gasteiger partial charge in [-0.25, -0.2) is 19.0 Å². The van der Waals surface area contributed by atoms with Crippen molar-refractivity contribution in [3.8, 4) is 0 Å². The molecule has 0 saturated carbocycles. The molecular weight excluding hydrogens is 302 g/mol. The van der Waals surface area contributed by atoms with Crippen molar-refractivity contribution in [2.45, 2.75) is 25.0 Å². The number of hydrogen-bond donors (Lipinski definition) is 3. The van der Waals surface area contributed by atoms with Gasteiger partial charge in [-0.05, 0) is 13.8 Å². The van der Waals surface area contributed by atoms with E-state index in [-0.39, 0.29) is 23.5 Å². The fourth-order valence-corrected chi connectivity index (χ4v) is 3.88. The topological polar surface area (TPSA) is 111 Å². The monoisotopic (exact) mass is 319 g/mol. The fraction of sp³-hybridized carbons (Fsp3) is 0.500. The third kappa shape index (κ3) is 2.94. The van der Waals surface area contributed by atoms with Crippen LogP contribution in [0.2, 0.25) is 0 Å². The van der Waals surface area contributed by atoms with E-state index in [4.69, 9.17) is 10.6 Å². The fourth-order valence-electron chi connectivity index (χ4n) is 1.75. The Morgan fingerprint density at radius 3 is 3.00 bits per heavy atom. The molecule has 0 saturated heterocycles. The van der Waals surface area contributed by atoms with Crippen molar-refractivity contribution < 1.29 is 13.2 Å². The van der Waals surface area contributed by atoms with Crippen LogP contribution in [0.25, 0.3) is 4.96 Å². The Morgan fingerprint density at radius 2 is 2.35 bits per heavy atom. The van der Waals surface area contributed by atoms with Crippen LogP contribution in [-0.4, -0.2) is 37.1 Å². The van der Waals surface area contributed by atoms with Gasteiger partial charge in [0, 0.05) is 24.7 Å². The van der Waals surface area contributed by atoms with Gasteiger partial charge in [-0.3, -0.25) is 4.40 Å². The molecule has 10 heteroatoms. The number of thiazole rings is 1. The molecule has 2 rings (SSSR count). The Hall–Kier alpha value is -1.20. The number of ether oxygens (including phenoxy) is 1. The zero-order valence-corrected chi connectivity index (χ0v) is 12.8. The maximum atomic E-state index is 12.4. The Morgan fingerprint density at radius 1 is 1.60 bits per heavy atom. The minimum absolute atomic E-state index is 0.0000477. The number of aromatic nitrogens is 2. The lowest BCUT2D eigenvalue weighted by atomic mass is 10.4. The molecule has 0 bridgehead atoms. The van der Waals surface area contributed by atoms with Crippen molar-refractivity contribution >= 4 is 32.1 Å². The van der Waals surface area contributed by atoms with Crippen LogP contribution in [0.15, 0.2) is 16.6 Å². The van der Waals surface area contributed by atoms with Gasteiger partial charge in [-0.2, -0.15) is 4.98 Å². The lowest BCUT2D eigenvalue weighted by Crippen LogP contribution is -2.33. The molecule has 0 aliphatic rings. The molecule has 0 aliphatic carbocycles. The molecule has 0 fully saturated rings. The number of hydrogen-bond acceptors (Lipinski definition) is 7. The number of anilines is 1. The molecule has 0 aromatic carbocycles. The molecule has 112 valence electrons. The molecule has 2 aromatic heterocycles. The average Bonchev–Trinajstić information content (AvgIpc) is 2.96. The summed E-state index contributed by atoms with van der Waals surface area (Å²) < 4.78 is 34.0. The third-order valence-corrected chi connectivity index (χ3v) is 4.82. The van der Waals surface area contributed by atoms with Crippen molar-refractivity contribution in [3.05, 3.63) is 11.6 Å². The van der Waals surface area contributed by atoms with E-state index in [1.54, 1.807) is 18.5 Å². The molecule has 0 aliphatic heterocycles. The van der Waals surface area contributed by atoms with Gasteiger partial charge >= 0.3 is 0 Å². The van der Waals surface area contributed by atoms with Crippen LogP contribution in [0, 0.1) is 0 Å². The SMILES string of the molecule is CCOC(C)CNS(=O)(=O)c1c(NN)nc2sccn12. The van der Waals surface area contributed by atoms with Crippen molar-refractivity contribution in [1.29, 1.82) is 0 Å². The number of rotatable bonds is 7. The second-order valence-corrected chi connectivity index (χ2v) is 6.64. The number of hydrazine groups is 1. The van der Waals surface area contributed by atoms with Crippen LogP contribution < -0.4 is 16.0 Å². The summed E-state index contributed by atoms with van der Waals surface area (Å²) in [6.07, 6.45) is 1.42. The second-order valence-electron chi connectivity index (χ2n) is 4.08. The van der Waals surface area contributed by atoms with Crippen LogP contribution >= 0.6 is 11.3 Å². The highest BCUT2D eigenvalue weighted by Gasteiger charge is 2.25. The number of sulfonamides is 1.